The predicted octanol–water partition coefficient (Wildman–Crippen LogP) is 1.86. The van der Waals surface area contributed by atoms with Crippen molar-refractivity contribution in [2.45, 2.75) is 25.3 Å². The van der Waals surface area contributed by atoms with E-state index in [1.807, 2.05) is 0 Å². The molecule has 3 rings (SSSR count). The fourth-order valence-electron chi connectivity index (χ4n) is 3.03. The predicted molar refractivity (Wildman–Crippen MR) is 77.0 cm³/mol. The monoisotopic (exact) mass is 279 g/mol. The van der Waals surface area contributed by atoms with E-state index in [4.69, 9.17) is 5.73 Å². The highest BCUT2D eigenvalue weighted by Gasteiger charge is 2.32. The Kier molecular flexibility index (Phi) is 3.81. The van der Waals surface area contributed by atoms with E-state index in [1.165, 1.54) is 25.0 Å². The van der Waals surface area contributed by atoms with Crippen LogP contribution in [0.5, 0.6) is 5.75 Å². The highest BCUT2D eigenvalue weighted by Crippen LogP contribution is 2.43. The van der Waals surface area contributed by atoms with Crippen molar-refractivity contribution in [2.75, 3.05) is 31.9 Å². The van der Waals surface area contributed by atoms with E-state index < -0.39 is 0 Å². The van der Waals surface area contributed by atoms with E-state index in [0.29, 0.717) is 11.5 Å². The van der Waals surface area contributed by atoms with Crippen LogP contribution in [-0.2, 0) is 0 Å². The highest BCUT2D eigenvalue weighted by atomic mass is 19.1. The molecule has 4 N–H and O–H groups in total. The summed E-state index contributed by atoms with van der Waals surface area (Å²) in [5, 5.41) is 13.5. The summed E-state index contributed by atoms with van der Waals surface area (Å²) in [7, 11) is 0. The van der Waals surface area contributed by atoms with E-state index in [-0.39, 0.29) is 23.3 Å². The fourth-order valence-corrected chi connectivity index (χ4v) is 3.03. The summed E-state index contributed by atoms with van der Waals surface area (Å²) < 4.78 is 13.7. The summed E-state index contributed by atoms with van der Waals surface area (Å²) in [6.07, 6.45) is 3.47. The molecule has 1 aromatic carbocycles. The molecule has 20 heavy (non-hydrogen) atoms. The van der Waals surface area contributed by atoms with Crippen LogP contribution >= 0.6 is 0 Å². The van der Waals surface area contributed by atoms with Crippen molar-refractivity contribution in [1.82, 2.24) is 10.2 Å². The molecule has 1 saturated heterocycles. The SMILES string of the molecule is Nc1cc(F)cc([C@H](CC2CC2)N2CCNCC2)c1O. The summed E-state index contributed by atoms with van der Waals surface area (Å²) in [6.45, 7) is 3.72. The van der Waals surface area contributed by atoms with Gasteiger partial charge < -0.3 is 16.2 Å². The Balaban J connectivity index is 1.90. The summed E-state index contributed by atoms with van der Waals surface area (Å²) >= 11 is 0. The lowest BCUT2D eigenvalue weighted by molar-refractivity contribution is 0.158. The van der Waals surface area contributed by atoms with Crippen molar-refractivity contribution in [2.24, 2.45) is 5.92 Å². The average Bonchev–Trinajstić information content (AvgIpc) is 3.25. The number of hydrogen-bond acceptors (Lipinski definition) is 4. The number of nitrogen functional groups attached to an aromatic ring is 1. The molecule has 0 spiro atoms. The molecule has 4 nitrogen and oxygen atoms in total. The third-order valence-corrected chi connectivity index (χ3v) is 4.34. The minimum atomic E-state index is -0.369. The molecule has 2 fully saturated rings. The topological polar surface area (TPSA) is 61.5 Å². The Bertz CT molecular complexity index is 484. The van der Waals surface area contributed by atoms with Crippen LogP contribution in [0.2, 0.25) is 0 Å². The second kappa shape index (κ2) is 5.58. The first-order valence-electron chi connectivity index (χ1n) is 7.38. The lowest BCUT2D eigenvalue weighted by Crippen LogP contribution is -2.45. The summed E-state index contributed by atoms with van der Waals surface area (Å²) in [6, 6.07) is 2.70. The minimum absolute atomic E-state index is 0.0515. The highest BCUT2D eigenvalue weighted by molar-refractivity contribution is 5.57. The zero-order valence-corrected chi connectivity index (χ0v) is 11.6. The normalized spacial score (nSPS) is 21.9. The number of nitrogens with zero attached hydrogens (tertiary/aromatic N) is 1. The number of phenolic OH excluding ortho intramolecular Hbond substituents is 1. The Morgan fingerprint density at radius 1 is 1.35 bits per heavy atom. The van der Waals surface area contributed by atoms with E-state index in [9.17, 15) is 9.50 Å². The third kappa shape index (κ3) is 2.88. The summed E-state index contributed by atoms with van der Waals surface area (Å²) in [4.78, 5) is 2.34. The van der Waals surface area contributed by atoms with Crippen LogP contribution < -0.4 is 11.1 Å². The zero-order chi connectivity index (χ0) is 14.1. The number of anilines is 1. The van der Waals surface area contributed by atoms with Gasteiger partial charge in [-0.25, -0.2) is 4.39 Å². The van der Waals surface area contributed by atoms with Gasteiger partial charge in [0.2, 0.25) is 0 Å². The number of hydrogen-bond donors (Lipinski definition) is 3. The number of nitrogens with one attached hydrogen (secondary N) is 1. The summed E-state index contributed by atoms with van der Waals surface area (Å²) in [5.74, 6) is 0.389. The second-order valence-corrected chi connectivity index (χ2v) is 5.91. The number of nitrogens with two attached hydrogens (primary N) is 1. The molecule has 0 bridgehead atoms. The van der Waals surface area contributed by atoms with Gasteiger partial charge in [0.15, 0.2) is 0 Å². The van der Waals surface area contributed by atoms with Gasteiger partial charge in [0, 0.05) is 43.9 Å². The lowest BCUT2D eigenvalue weighted by Gasteiger charge is -2.35. The van der Waals surface area contributed by atoms with Crippen LogP contribution in [0.25, 0.3) is 0 Å². The third-order valence-electron chi connectivity index (χ3n) is 4.34. The van der Waals surface area contributed by atoms with Gasteiger partial charge in [-0.2, -0.15) is 0 Å². The van der Waals surface area contributed by atoms with Gasteiger partial charge in [-0.15, -0.1) is 0 Å². The van der Waals surface area contributed by atoms with Crippen molar-refractivity contribution in [1.29, 1.82) is 0 Å². The molecule has 1 saturated carbocycles. The summed E-state index contributed by atoms with van der Waals surface area (Å²) in [5.41, 5.74) is 6.50. The molecular weight excluding hydrogens is 257 g/mol. The Morgan fingerprint density at radius 2 is 2.05 bits per heavy atom. The molecule has 2 aliphatic rings. The quantitative estimate of drug-likeness (QED) is 0.581. The first-order chi connectivity index (χ1) is 9.65. The second-order valence-electron chi connectivity index (χ2n) is 5.91. The molecule has 5 heteroatoms. The van der Waals surface area contributed by atoms with Crippen LogP contribution in [0, 0.1) is 11.7 Å². The standard InChI is InChI=1S/C15H22FN3O/c16-11-8-12(15(20)13(17)9-11)14(7-10-1-2-10)19-5-3-18-4-6-19/h8-10,14,18,20H,1-7,17H2/t14-/m0/s1. The number of halogens is 1. The Hall–Kier alpha value is -1.33. The van der Waals surface area contributed by atoms with Crippen LogP contribution in [0.15, 0.2) is 12.1 Å². The van der Waals surface area contributed by atoms with E-state index in [0.717, 1.165) is 32.6 Å². The number of piperazine rings is 1. The van der Waals surface area contributed by atoms with Gasteiger partial charge in [0.1, 0.15) is 11.6 Å². The number of rotatable bonds is 4. The largest absolute Gasteiger partial charge is 0.505 e. The number of aromatic hydroxyl groups is 1. The maximum absolute atomic E-state index is 13.7. The number of benzene rings is 1. The van der Waals surface area contributed by atoms with E-state index in [2.05, 4.69) is 10.2 Å². The Labute approximate surface area is 118 Å². The number of phenols is 1. The molecule has 110 valence electrons. The van der Waals surface area contributed by atoms with Gasteiger partial charge in [-0.05, 0) is 18.4 Å². The molecule has 1 heterocycles. The van der Waals surface area contributed by atoms with Gasteiger partial charge in [-0.1, -0.05) is 12.8 Å². The van der Waals surface area contributed by atoms with E-state index >= 15 is 0 Å². The van der Waals surface area contributed by atoms with Crippen molar-refractivity contribution in [3.05, 3.63) is 23.5 Å². The van der Waals surface area contributed by atoms with Gasteiger partial charge in [-0.3, -0.25) is 4.90 Å². The van der Waals surface area contributed by atoms with Crippen molar-refractivity contribution in [3.63, 3.8) is 0 Å². The first-order valence-corrected chi connectivity index (χ1v) is 7.38. The van der Waals surface area contributed by atoms with Crippen molar-refractivity contribution >= 4 is 5.69 Å². The first kappa shape index (κ1) is 13.6. The molecular formula is C15H22FN3O. The smallest absolute Gasteiger partial charge is 0.143 e. The van der Waals surface area contributed by atoms with Crippen LogP contribution in [0.3, 0.4) is 0 Å². The van der Waals surface area contributed by atoms with Gasteiger partial charge in [0.05, 0.1) is 5.69 Å². The van der Waals surface area contributed by atoms with Gasteiger partial charge >= 0.3 is 0 Å². The van der Waals surface area contributed by atoms with Crippen LogP contribution in [0.1, 0.15) is 30.9 Å². The van der Waals surface area contributed by atoms with Gasteiger partial charge in [0.25, 0.3) is 0 Å². The maximum atomic E-state index is 13.7. The van der Waals surface area contributed by atoms with Crippen LogP contribution in [0.4, 0.5) is 10.1 Å². The van der Waals surface area contributed by atoms with Crippen molar-refractivity contribution in [3.8, 4) is 5.75 Å². The van der Waals surface area contributed by atoms with E-state index in [1.54, 1.807) is 0 Å². The fraction of sp³-hybridized carbons (Fsp3) is 0.600. The molecule has 1 atom stereocenters. The molecule has 1 aliphatic heterocycles. The lowest BCUT2D eigenvalue weighted by atomic mass is 9.97. The molecule has 0 amide bonds. The van der Waals surface area contributed by atoms with Crippen molar-refractivity contribution < 1.29 is 9.50 Å². The molecule has 0 radical (unpaired) electrons. The molecule has 1 aromatic rings. The minimum Gasteiger partial charge on any atom is -0.505 e. The molecule has 1 aliphatic carbocycles. The average molecular weight is 279 g/mol. The molecule has 0 unspecified atom stereocenters. The molecule has 0 aromatic heterocycles. The Morgan fingerprint density at radius 3 is 2.70 bits per heavy atom. The van der Waals surface area contributed by atoms with Crippen LogP contribution in [-0.4, -0.2) is 36.2 Å². The zero-order valence-electron chi connectivity index (χ0n) is 11.6. The maximum Gasteiger partial charge on any atom is 0.143 e.